The third kappa shape index (κ3) is 4.63. The highest BCUT2D eigenvalue weighted by Gasteiger charge is 2.29. The van der Waals surface area contributed by atoms with Gasteiger partial charge in [0, 0.05) is 56.9 Å². The number of hydrogen-bond acceptors (Lipinski definition) is 4. The SMILES string of the molecule is CCn1cc(CN2CCCN(C(=O)C(C)NC(=O)C3CCC3)CC2)cn1. The lowest BCUT2D eigenvalue weighted by Crippen LogP contribution is -2.50. The highest BCUT2D eigenvalue weighted by atomic mass is 16.2. The van der Waals surface area contributed by atoms with Crippen LogP contribution in [-0.4, -0.2) is 63.6 Å². The second-order valence-corrected chi connectivity index (χ2v) is 7.52. The van der Waals surface area contributed by atoms with Gasteiger partial charge in [0.15, 0.2) is 0 Å². The number of carbonyl (C=O) groups is 2. The molecule has 1 aliphatic heterocycles. The summed E-state index contributed by atoms with van der Waals surface area (Å²) in [5.74, 6) is 0.203. The number of rotatable bonds is 6. The molecule has 0 spiro atoms. The molecular weight excluding hydrogens is 330 g/mol. The van der Waals surface area contributed by atoms with Gasteiger partial charge >= 0.3 is 0 Å². The first-order chi connectivity index (χ1) is 12.6. The molecule has 1 aromatic heterocycles. The Labute approximate surface area is 155 Å². The molecule has 2 fully saturated rings. The van der Waals surface area contributed by atoms with Crippen LogP contribution < -0.4 is 5.32 Å². The molecule has 7 nitrogen and oxygen atoms in total. The van der Waals surface area contributed by atoms with Gasteiger partial charge < -0.3 is 10.2 Å². The van der Waals surface area contributed by atoms with Crippen molar-refractivity contribution in [2.45, 2.75) is 58.7 Å². The van der Waals surface area contributed by atoms with Crippen molar-refractivity contribution >= 4 is 11.8 Å². The van der Waals surface area contributed by atoms with Crippen molar-refractivity contribution in [3.63, 3.8) is 0 Å². The van der Waals surface area contributed by atoms with Gasteiger partial charge in [0.1, 0.15) is 6.04 Å². The van der Waals surface area contributed by atoms with Crippen LogP contribution in [0.3, 0.4) is 0 Å². The first-order valence-corrected chi connectivity index (χ1v) is 9.89. The van der Waals surface area contributed by atoms with Crippen LogP contribution >= 0.6 is 0 Å². The summed E-state index contributed by atoms with van der Waals surface area (Å²) in [6.45, 7) is 8.94. The lowest BCUT2D eigenvalue weighted by Gasteiger charge is -2.28. The predicted octanol–water partition coefficient (Wildman–Crippen LogP) is 1.24. The van der Waals surface area contributed by atoms with Crippen molar-refractivity contribution in [3.05, 3.63) is 18.0 Å². The maximum atomic E-state index is 12.7. The van der Waals surface area contributed by atoms with Crippen LogP contribution in [0.2, 0.25) is 0 Å². The molecule has 1 saturated carbocycles. The fraction of sp³-hybridized carbons (Fsp3) is 0.737. The second kappa shape index (κ2) is 8.66. The molecule has 0 radical (unpaired) electrons. The van der Waals surface area contributed by atoms with E-state index < -0.39 is 6.04 Å². The number of nitrogens with zero attached hydrogens (tertiary/aromatic N) is 4. The average Bonchev–Trinajstić information content (AvgIpc) is 2.89. The molecule has 1 atom stereocenters. The first-order valence-electron chi connectivity index (χ1n) is 9.89. The fourth-order valence-electron chi connectivity index (χ4n) is 3.61. The maximum Gasteiger partial charge on any atom is 0.244 e. The number of nitrogens with one attached hydrogen (secondary N) is 1. The zero-order valence-corrected chi connectivity index (χ0v) is 16.0. The van der Waals surface area contributed by atoms with E-state index in [1.165, 1.54) is 5.56 Å². The molecule has 7 heteroatoms. The van der Waals surface area contributed by atoms with E-state index in [1.54, 1.807) is 6.92 Å². The number of amides is 2. The van der Waals surface area contributed by atoms with Gasteiger partial charge in [0.25, 0.3) is 0 Å². The van der Waals surface area contributed by atoms with E-state index in [0.717, 1.165) is 58.4 Å². The Morgan fingerprint density at radius 2 is 2.04 bits per heavy atom. The smallest absolute Gasteiger partial charge is 0.244 e. The zero-order chi connectivity index (χ0) is 18.5. The Kier molecular flexibility index (Phi) is 6.29. The molecule has 3 rings (SSSR count). The molecule has 2 heterocycles. The average molecular weight is 361 g/mol. The summed E-state index contributed by atoms with van der Waals surface area (Å²) in [5.41, 5.74) is 1.22. The molecule has 2 aliphatic rings. The molecule has 0 aromatic carbocycles. The minimum Gasteiger partial charge on any atom is -0.344 e. The molecule has 26 heavy (non-hydrogen) atoms. The Hall–Kier alpha value is -1.89. The van der Waals surface area contributed by atoms with E-state index in [4.69, 9.17) is 0 Å². The van der Waals surface area contributed by atoms with Gasteiger partial charge in [-0.05, 0) is 33.1 Å². The number of aromatic nitrogens is 2. The standard InChI is InChI=1S/C19H31N5O2/c1-3-24-14-16(12-20-24)13-22-8-5-9-23(11-10-22)19(26)15(2)21-18(25)17-6-4-7-17/h12,14-15,17H,3-11,13H2,1-2H3,(H,21,25). The van der Waals surface area contributed by atoms with Crippen LogP contribution in [-0.2, 0) is 22.7 Å². The molecule has 1 saturated heterocycles. The van der Waals surface area contributed by atoms with E-state index in [-0.39, 0.29) is 17.7 Å². The van der Waals surface area contributed by atoms with Crippen molar-refractivity contribution in [2.75, 3.05) is 26.2 Å². The topological polar surface area (TPSA) is 70.5 Å². The van der Waals surface area contributed by atoms with Gasteiger partial charge in [-0.25, -0.2) is 0 Å². The van der Waals surface area contributed by atoms with Gasteiger partial charge in [0.05, 0.1) is 6.20 Å². The molecule has 1 aromatic rings. The van der Waals surface area contributed by atoms with E-state index in [1.807, 2.05) is 15.8 Å². The molecule has 1 aliphatic carbocycles. The molecular formula is C19H31N5O2. The van der Waals surface area contributed by atoms with Gasteiger partial charge in [-0.1, -0.05) is 6.42 Å². The number of carbonyl (C=O) groups excluding carboxylic acids is 2. The van der Waals surface area contributed by atoms with Gasteiger partial charge in [-0.3, -0.25) is 19.2 Å². The largest absolute Gasteiger partial charge is 0.344 e. The van der Waals surface area contributed by atoms with E-state index in [9.17, 15) is 9.59 Å². The van der Waals surface area contributed by atoms with Crippen molar-refractivity contribution in [1.82, 2.24) is 24.9 Å². The summed E-state index contributed by atoms with van der Waals surface area (Å²) in [5, 5.41) is 7.23. The van der Waals surface area contributed by atoms with Crippen LogP contribution in [0, 0.1) is 5.92 Å². The molecule has 0 bridgehead atoms. The molecule has 144 valence electrons. The number of hydrogen-bond donors (Lipinski definition) is 1. The summed E-state index contributed by atoms with van der Waals surface area (Å²) in [4.78, 5) is 29.1. The minimum absolute atomic E-state index is 0.0401. The van der Waals surface area contributed by atoms with Crippen molar-refractivity contribution in [1.29, 1.82) is 0 Å². The first kappa shape index (κ1) is 18.9. The Balaban J connectivity index is 1.47. The van der Waals surface area contributed by atoms with Crippen LogP contribution in [0.15, 0.2) is 12.4 Å². The summed E-state index contributed by atoms with van der Waals surface area (Å²) < 4.78 is 1.94. The summed E-state index contributed by atoms with van der Waals surface area (Å²) >= 11 is 0. The van der Waals surface area contributed by atoms with Gasteiger partial charge in [0.2, 0.25) is 11.8 Å². The van der Waals surface area contributed by atoms with Crippen LogP contribution in [0.25, 0.3) is 0 Å². The van der Waals surface area contributed by atoms with Crippen LogP contribution in [0.1, 0.15) is 45.1 Å². The monoisotopic (exact) mass is 361 g/mol. The van der Waals surface area contributed by atoms with Gasteiger partial charge in [-0.2, -0.15) is 5.10 Å². The fourth-order valence-corrected chi connectivity index (χ4v) is 3.61. The predicted molar refractivity (Wildman–Crippen MR) is 99.3 cm³/mol. The van der Waals surface area contributed by atoms with Crippen molar-refractivity contribution in [3.8, 4) is 0 Å². The number of aryl methyl sites for hydroxylation is 1. The lowest BCUT2D eigenvalue weighted by atomic mass is 9.84. The lowest BCUT2D eigenvalue weighted by molar-refractivity contribution is -0.137. The quantitative estimate of drug-likeness (QED) is 0.828. The Bertz CT molecular complexity index is 625. The highest BCUT2D eigenvalue weighted by molar-refractivity contribution is 5.88. The zero-order valence-electron chi connectivity index (χ0n) is 16.0. The highest BCUT2D eigenvalue weighted by Crippen LogP contribution is 2.26. The third-order valence-corrected chi connectivity index (χ3v) is 5.52. The molecule has 2 amide bonds. The van der Waals surface area contributed by atoms with E-state index in [2.05, 4.69) is 28.4 Å². The van der Waals surface area contributed by atoms with E-state index in [0.29, 0.717) is 6.54 Å². The maximum absolute atomic E-state index is 12.7. The summed E-state index contributed by atoms with van der Waals surface area (Å²) in [6.07, 6.45) is 8.01. The van der Waals surface area contributed by atoms with Crippen molar-refractivity contribution in [2.24, 2.45) is 5.92 Å². The van der Waals surface area contributed by atoms with Crippen LogP contribution in [0.5, 0.6) is 0 Å². The van der Waals surface area contributed by atoms with Crippen molar-refractivity contribution < 1.29 is 9.59 Å². The summed E-state index contributed by atoms with van der Waals surface area (Å²) in [6, 6.07) is -0.433. The van der Waals surface area contributed by atoms with E-state index >= 15 is 0 Å². The van der Waals surface area contributed by atoms with Gasteiger partial charge in [-0.15, -0.1) is 0 Å². The third-order valence-electron chi connectivity index (χ3n) is 5.52. The molecule has 1 unspecified atom stereocenters. The molecule has 1 N–H and O–H groups in total. The minimum atomic E-state index is -0.433. The van der Waals surface area contributed by atoms with Crippen LogP contribution in [0.4, 0.5) is 0 Å². The second-order valence-electron chi connectivity index (χ2n) is 7.52. The Morgan fingerprint density at radius 1 is 1.23 bits per heavy atom. The summed E-state index contributed by atoms with van der Waals surface area (Å²) in [7, 11) is 0. The Morgan fingerprint density at radius 3 is 2.69 bits per heavy atom. The normalized spacial score (nSPS) is 20.3.